The first kappa shape index (κ1) is 12.2. The largest absolute Gasteiger partial charge is 0.389 e. The second-order valence-corrected chi connectivity index (χ2v) is 5.42. The van der Waals surface area contributed by atoms with Crippen molar-refractivity contribution in [3.8, 4) is 0 Å². The number of aromatic nitrogens is 1. The topological polar surface area (TPSA) is 33.1 Å². The molecule has 0 aliphatic carbocycles. The van der Waals surface area contributed by atoms with Crippen LogP contribution in [0.2, 0.25) is 0 Å². The van der Waals surface area contributed by atoms with Crippen molar-refractivity contribution in [2.75, 3.05) is 0 Å². The summed E-state index contributed by atoms with van der Waals surface area (Å²) in [6.45, 7) is 1.76. The Kier molecular flexibility index (Phi) is 3.54. The molecule has 1 heterocycles. The highest BCUT2D eigenvalue weighted by Crippen LogP contribution is 2.21. The maximum Gasteiger partial charge on any atom is 0.123 e. The summed E-state index contributed by atoms with van der Waals surface area (Å²) in [4.78, 5) is 5.01. The van der Waals surface area contributed by atoms with Gasteiger partial charge in [0, 0.05) is 23.9 Å². The lowest BCUT2D eigenvalue weighted by Crippen LogP contribution is -2.29. The Morgan fingerprint density at radius 2 is 2.24 bits per heavy atom. The first-order valence-electron chi connectivity index (χ1n) is 5.39. The fourth-order valence-electron chi connectivity index (χ4n) is 1.85. The summed E-state index contributed by atoms with van der Waals surface area (Å²) in [6.07, 6.45) is 2.72. The van der Waals surface area contributed by atoms with Gasteiger partial charge in [-0.2, -0.15) is 0 Å². The molecule has 2 nitrogen and oxygen atoms in total. The lowest BCUT2D eigenvalue weighted by atomic mass is 9.93. The lowest BCUT2D eigenvalue weighted by Gasteiger charge is -2.22. The first-order chi connectivity index (χ1) is 8.05. The summed E-state index contributed by atoms with van der Waals surface area (Å²) in [5.74, 6) is -0.268. The van der Waals surface area contributed by atoms with Gasteiger partial charge in [0.25, 0.3) is 0 Å². The Labute approximate surface area is 104 Å². The van der Waals surface area contributed by atoms with E-state index in [2.05, 4.69) is 4.98 Å². The highest BCUT2D eigenvalue weighted by atomic mass is 32.1. The third-order valence-electron chi connectivity index (χ3n) is 2.51. The number of hydrogen-bond acceptors (Lipinski definition) is 3. The van der Waals surface area contributed by atoms with Crippen LogP contribution in [0.25, 0.3) is 0 Å². The Bertz CT molecular complexity index is 482. The summed E-state index contributed by atoms with van der Waals surface area (Å²) in [6, 6.07) is 6.35. The molecule has 1 aromatic heterocycles. The van der Waals surface area contributed by atoms with Gasteiger partial charge in [-0.25, -0.2) is 4.39 Å². The van der Waals surface area contributed by atoms with Crippen LogP contribution in [0.1, 0.15) is 17.4 Å². The van der Waals surface area contributed by atoms with Crippen molar-refractivity contribution in [1.82, 2.24) is 4.98 Å². The molecule has 2 rings (SSSR count). The van der Waals surface area contributed by atoms with Gasteiger partial charge in [-0.1, -0.05) is 12.1 Å². The highest BCUT2D eigenvalue weighted by molar-refractivity contribution is 7.09. The number of hydrogen-bond donors (Lipinski definition) is 1. The summed E-state index contributed by atoms with van der Waals surface area (Å²) >= 11 is 1.52. The van der Waals surface area contributed by atoms with E-state index in [9.17, 15) is 9.50 Å². The fraction of sp³-hybridized carbons (Fsp3) is 0.308. The molecule has 0 aliphatic heterocycles. The zero-order valence-corrected chi connectivity index (χ0v) is 10.4. The maximum absolute atomic E-state index is 13.0. The maximum atomic E-state index is 13.0. The standard InChI is InChI=1S/C13H14FNOS/c1-13(16,7-12-8-15-9-17-12)6-10-3-2-4-11(14)5-10/h2-5,8-9,16H,6-7H2,1H3. The normalized spacial score (nSPS) is 14.5. The monoisotopic (exact) mass is 251 g/mol. The molecule has 1 unspecified atom stereocenters. The number of halogens is 1. The van der Waals surface area contributed by atoms with Gasteiger partial charge >= 0.3 is 0 Å². The molecule has 0 saturated heterocycles. The van der Waals surface area contributed by atoms with E-state index >= 15 is 0 Å². The minimum atomic E-state index is -0.875. The molecule has 0 amide bonds. The van der Waals surface area contributed by atoms with E-state index in [0.29, 0.717) is 12.8 Å². The van der Waals surface area contributed by atoms with E-state index in [4.69, 9.17) is 0 Å². The lowest BCUT2D eigenvalue weighted by molar-refractivity contribution is 0.0615. The van der Waals surface area contributed by atoms with Crippen LogP contribution in [0.4, 0.5) is 4.39 Å². The minimum absolute atomic E-state index is 0.268. The number of aliphatic hydroxyl groups is 1. The van der Waals surface area contributed by atoms with Crippen LogP contribution < -0.4 is 0 Å². The smallest absolute Gasteiger partial charge is 0.123 e. The van der Waals surface area contributed by atoms with E-state index in [-0.39, 0.29) is 5.82 Å². The summed E-state index contributed by atoms with van der Waals surface area (Å²) < 4.78 is 13.0. The quantitative estimate of drug-likeness (QED) is 0.906. The molecule has 1 atom stereocenters. The van der Waals surface area contributed by atoms with Gasteiger partial charge in [0.1, 0.15) is 5.82 Å². The van der Waals surface area contributed by atoms with E-state index in [1.807, 2.05) is 6.07 Å². The van der Waals surface area contributed by atoms with Crippen molar-refractivity contribution in [1.29, 1.82) is 0 Å². The van der Waals surface area contributed by atoms with Crippen molar-refractivity contribution in [3.63, 3.8) is 0 Å². The van der Waals surface area contributed by atoms with E-state index in [1.54, 1.807) is 24.7 Å². The average Bonchev–Trinajstić information content (AvgIpc) is 2.68. The molecule has 0 aliphatic rings. The fourth-order valence-corrected chi connectivity index (χ4v) is 2.63. The van der Waals surface area contributed by atoms with Crippen LogP contribution in [0.5, 0.6) is 0 Å². The summed E-state index contributed by atoms with van der Waals surface area (Å²) in [5.41, 5.74) is 1.67. The predicted octanol–water partition coefficient (Wildman–Crippen LogP) is 2.82. The minimum Gasteiger partial charge on any atom is -0.389 e. The summed E-state index contributed by atoms with van der Waals surface area (Å²) in [7, 11) is 0. The van der Waals surface area contributed by atoms with Gasteiger partial charge in [0.2, 0.25) is 0 Å². The number of rotatable bonds is 4. The second kappa shape index (κ2) is 4.94. The zero-order chi connectivity index (χ0) is 12.3. The SMILES string of the molecule is CC(O)(Cc1cccc(F)c1)Cc1cncs1. The van der Waals surface area contributed by atoms with Crippen molar-refractivity contribution in [3.05, 3.63) is 52.2 Å². The molecule has 1 aromatic carbocycles. The van der Waals surface area contributed by atoms with Crippen LogP contribution >= 0.6 is 11.3 Å². The molecule has 90 valence electrons. The van der Waals surface area contributed by atoms with Gasteiger partial charge in [0.05, 0.1) is 11.1 Å². The Morgan fingerprint density at radius 1 is 1.41 bits per heavy atom. The molecule has 0 spiro atoms. The molecule has 2 aromatic rings. The number of thiazole rings is 1. The molecular formula is C13H14FNOS. The third-order valence-corrected chi connectivity index (χ3v) is 3.29. The van der Waals surface area contributed by atoms with Gasteiger partial charge < -0.3 is 5.11 Å². The first-order valence-corrected chi connectivity index (χ1v) is 6.27. The molecule has 0 bridgehead atoms. The van der Waals surface area contributed by atoms with Crippen LogP contribution in [0.3, 0.4) is 0 Å². The molecule has 0 radical (unpaired) electrons. The van der Waals surface area contributed by atoms with Crippen molar-refractivity contribution in [2.24, 2.45) is 0 Å². The Hall–Kier alpha value is -1.26. The van der Waals surface area contributed by atoms with Crippen LogP contribution in [0, 0.1) is 5.82 Å². The predicted molar refractivity (Wildman–Crippen MR) is 66.5 cm³/mol. The molecule has 4 heteroatoms. The molecule has 0 saturated carbocycles. The highest BCUT2D eigenvalue weighted by Gasteiger charge is 2.22. The van der Waals surface area contributed by atoms with Crippen LogP contribution in [0.15, 0.2) is 36.0 Å². The molecular weight excluding hydrogens is 237 g/mol. The van der Waals surface area contributed by atoms with E-state index < -0.39 is 5.60 Å². The molecule has 0 fully saturated rings. The van der Waals surface area contributed by atoms with Crippen molar-refractivity contribution < 1.29 is 9.50 Å². The zero-order valence-electron chi connectivity index (χ0n) is 9.56. The van der Waals surface area contributed by atoms with Crippen LogP contribution in [-0.4, -0.2) is 15.7 Å². The Morgan fingerprint density at radius 3 is 2.88 bits per heavy atom. The van der Waals surface area contributed by atoms with E-state index in [0.717, 1.165) is 10.4 Å². The second-order valence-electron chi connectivity index (χ2n) is 4.45. The van der Waals surface area contributed by atoms with Gasteiger partial charge in [0.15, 0.2) is 0 Å². The third kappa shape index (κ3) is 3.61. The average molecular weight is 251 g/mol. The molecule has 1 N–H and O–H groups in total. The number of benzene rings is 1. The van der Waals surface area contributed by atoms with Crippen molar-refractivity contribution in [2.45, 2.75) is 25.4 Å². The summed E-state index contributed by atoms with van der Waals surface area (Å²) in [5, 5.41) is 10.3. The van der Waals surface area contributed by atoms with Gasteiger partial charge in [-0.3, -0.25) is 4.98 Å². The van der Waals surface area contributed by atoms with Gasteiger partial charge in [-0.05, 0) is 24.6 Å². The Balaban J connectivity index is 2.06. The molecule has 17 heavy (non-hydrogen) atoms. The number of nitrogens with zero attached hydrogens (tertiary/aromatic N) is 1. The van der Waals surface area contributed by atoms with Crippen molar-refractivity contribution >= 4 is 11.3 Å². The van der Waals surface area contributed by atoms with Crippen LogP contribution in [-0.2, 0) is 12.8 Å². The van der Waals surface area contributed by atoms with E-state index in [1.165, 1.54) is 23.5 Å². The van der Waals surface area contributed by atoms with Gasteiger partial charge in [-0.15, -0.1) is 11.3 Å².